The predicted octanol–water partition coefficient (Wildman–Crippen LogP) is 4.26. The van der Waals surface area contributed by atoms with Crippen molar-refractivity contribution in [1.82, 2.24) is 9.62 Å². The highest BCUT2D eigenvalue weighted by Gasteiger charge is 2.39. The number of anilines is 1. The van der Waals surface area contributed by atoms with Crippen LogP contribution in [0.5, 0.6) is 0 Å². The molecule has 0 aromatic heterocycles. The molecule has 2 aromatic rings. The predicted molar refractivity (Wildman–Crippen MR) is 134 cm³/mol. The van der Waals surface area contributed by atoms with Crippen molar-refractivity contribution >= 4 is 31.6 Å². The second kappa shape index (κ2) is 10.7. The molecule has 210 valence electrons. The summed E-state index contributed by atoms with van der Waals surface area (Å²) < 4.78 is 101. The molecule has 0 aliphatic carbocycles. The topological polar surface area (TPSA) is 122 Å². The number of sulfone groups is 1. The van der Waals surface area contributed by atoms with Crippen LogP contribution in [0.3, 0.4) is 0 Å². The second-order valence-corrected chi connectivity index (χ2v) is 13.4. The molecule has 1 saturated heterocycles. The highest BCUT2D eigenvalue weighted by atomic mass is 32.2. The first-order valence-corrected chi connectivity index (χ1v) is 14.6. The van der Waals surface area contributed by atoms with E-state index in [4.69, 9.17) is 4.74 Å². The lowest BCUT2D eigenvalue weighted by Crippen LogP contribution is -2.47. The number of benzene rings is 2. The van der Waals surface area contributed by atoms with Crippen LogP contribution in [0.1, 0.15) is 39.2 Å². The molecule has 38 heavy (non-hydrogen) atoms. The van der Waals surface area contributed by atoms with Gasteiger partial charge < -0.3 is 15.0 Å². The largest absolute Gasteiger partial charge is 0.444 e. The molecule has 1 aliphatic rings. The van der Waals surface area contributed by atoms with E-state index in [1.165, 1.54) is 29.2 Å². The molecule has 9 nitrogen and oxygen atoms in total. The number of piperidine rings is 1. The maximum atomic E-state index is 13.8. The molecule has 3 rings (SSSR count). The summed E-state index contributed by atoms with van der Waals surface area (Å²) in [6.07, 6.45) is -5.36. The molecule has 0 radical (unpaired) electrons. The lowest BCUT2D eigenvalue weighted by molar-refractivity contribution is -0.140. The summed E-state index contributed by atoms with van der Waals surface area (Å²) in [6.45, 7) is 5.37. The summed E-state index contributed by atoms with van der Waals surface area (Å²) in [6, 6.07) is 6.43. The van der Waals surface area contributed by atoms with Crippen LogP contribution in [0.4, 0.5) is 23.7 Å². The fourth-order valence-electron chi connectivity index (χ4n) is 3.85. The Morgan fingerprint density at radius 1 is 0.947 bits per heavy atom. The number of ether oxygens (including phenoxy) is 1. The molecular weight excluding hydrogens is 547 g/mol. The van der Waals surface area contributed by atoms with E-state index in [0.717, 1.165) is 6.07 Å². The first-order chi connectivity index (χ1) is 17.4. The second-order valence-electron chi connectivity index (χ2n) is 9.80. The maximum Gasteiger partial charge on any atom is 0.417 e. The van der Waals surface area contributed by atoms with E-state index >= 15 is 0 Å². The number of nitrogens with one attached hydrogen (secondary N) is 2. The van der Waals surface area contributed by atoms with E-state index in [1.807, 2.05) is 0 Å². The fraction of sp³-hybridized carbons (Fsp3) is 0.458. The molecule has 2 aromatic carbocycles. The average Bonchev–Trinajstić information content (AvgIpc) is 2.82. The van der Waals surface area contributed by atoms with Crippen LogP contribution < -0.4 is 10.0 Å². The molecule has 0 spiro atoms. The number of hydrogen-bond acceptors (Lipinski definition) is 7. The van der Waals surface area contributed by atoms with E-state index < -0.39 is 59.1 Å². The number of nitrogens with zero attached hydrogens (tertiary/aromatic N) is 1. The van der Waals surface area contributed by atoms with Crippen molar-refractivity contribution in [2.45, 2.75) is 66.1 Å². The van der Waals surface area contributed by atoms with Gasteiger partial charge in [0.05, 0.1) is 20.2 Å². The molecule has 14 heteroatoms. The normalized spacial score (nSPS) is 15.8. The van der Waals surface area contributed by atoms with Gasteiger partial charge in [-0.25, -0.2) is 26.4 Å². The van der Waals surface area contributed by atoms with Gasteiger partial charge in [0.25, 0.3) is 0 Å². The summed E-state index contributed by atoms with van der Waals surface area (Å²) >= 11 is 0. The van der Waals surface area contributed by atoms with Crippen molar-refractivity contribution in [3.8, 4) is 0 Å². The van der Waals surface area contributed by atoms with Crippen molar-refractivity contribution < 1.29 is 39.5 Å². The lowest BCUT2D eigenvalue weighted by atomic mass is 10.1. The van der Waals surface area contributed by atoms with Crippen molar-refractivity contribution in [2.24, 2.45) is 0 Å². The van der Waals surface area contributed by atoms with Crippen molar-refractivity contribution in [3.63, 3.8) is 0 Å². The number of halogens is 3. The fourth-order valence-corrected chi connectivity index (χ4v) is 6.77. The van der Waals surface area contributed by atoms with Crippen molar-refractivity contribution in [1.29, 1.82) is 0 Å². The van der Waals surface area contributed by atoms with Crippen LogP contribution in [0.25, 0.3) is 0 Å². The molecule has 1 heterocycles. The van der Waals surface area contributed by atoms with Crippen molar-refractivity contribution in [2.75, 3.05) is 25.5 Å². The number of alkyl halides is 3. The third kappa shape index (κ3) is 6.97. The van der Waals surface area contributed by atoms with Gasteiger partial charge in [-0.05, 0) is 76.1 Å². The number of carbonyl (C=O) groups excluding carboxylic acids is 1. The Hall–Kier alpha value is -2.84. The van der Waals surface area contributed by atoms with Gasteiger partial charge in [0.2, 0.25) is 19.9 Å². The minimum atomic E-state index is -5.05. The summed E-state index contributed by atoms with van der Waals surface area (Å²) in [5, 5.41) is 2.82. The summed E-state index contributed by atoms with van der Waals surface area (Å²) in [5.41, 5.74) is -1.59. The van der Waals surface area contributed by atoms with Crippen LogP contribution in [-0.2, 0) is 30.8 Å². The number of carbonyl (C=O) groups is 1. The Kier molecular flexibility index (Phi) is 8.39. The van der Waals surface area contributed by atoms with E-state index in [2.05, 4.69) is 10.0 Å². The Morgan fingerprint density at radius 3 is 2.00 bits per heavy atom. The van der Waals surface area contributed by atoms with E-state index in [1.54, 1.807) is 27.8 Å². The van der Waals surface area contributed by atoms with Gasteiger partial charge in [-0.2, -0.15) is 13.2 Å². The zero-order valence-electron chi connectivity index (χ0n) is 21.3. The highest BCUT2D eigenvalue weighted by Crippen LogP contribution is 2.36. The molecule has 1 aliphatic heterocycles. The molecule has 0 unspecified atom stereocenters. The molecule has 0 saturated carbocycles. The zero-order valence-corrected chi connectivity index (χ0v) is 22.9. The van der Waals surface area contributed by atoms with Gasteiger partial charge in [0.1, 0.15) is 5.60 Å². The molecular formula is C24H30F3N3O6S2. The van der Waals surface area contributed by atoms with E-state index in [-0.39, 0.29) is 30.8 Å². The third-order valence-corrected chi connectivity index (χ3v) is 9.11. The quantitative estimate of drug-likeness (QED) is 0.526. The Balaban J connectivity index is 1.88. The van der Waals surface area contributed by atoms with Crippen molar-refractivity contribution in [3.05, 3.63) is 48.0 Å². The molecule has 0 bridgehead atoms. The van der Waals surface area contributed by atoms with Gasteiger partial charge in [0.15, 0.2) is 0 Å². The first kappa shape index (κ1) is 29.7. The Morgan fingerprint density at radius 2 is 1.50 bits per heavy atom. The summed E-state index contributed by atoms with van der Waals surface area (Å²) in [5.74, 6) is 0. The zero-order chi connectivity index (χ0) is 28.5. The van der Waals surface area contributed by atoms with Gasteiger partial charge in [-0.3, -0.25) is 0 Å². The summed E-state index contributed by atoms with van der Waals surface area (Å²) in [4.78, 5) is 11.7. The molecule has 2 N–H and O–H groups in total. The Bertz CT molecular complexity index is 1380. The van der Waals surface area contributed by atoms with Crippen LogP contribution >= 0.6 is 0 Å². The number of sulfonamides is 1. The smallest absolute Gasteiger partial charge is 0.417 e. The number of amides is 1. The molecule has 1 fully saturated rings. The molecule has 0 atom stereocenters. The minimum absolute atomic E-state index is 0.130. The van der Waals surface area contributed by atoms with Crippen LogP contribution in [-0.4, -0.2) is 59.6 Å². The number of likely N-dealkylation sites (tertiary alicyclic amines) is 1. The third-order valence-electron chi connectivity index (χ3n) is 5.78. The molecule has 1 amide bonds. The SMILES string of the molecule is CNc1ccc(S(=O)(=O)c2ccc(C(F)(F)F)c(S(=O)(=O)NC3CCN(C(=O)OC(C)(C)C)CC3)c2)cc1. The van der Waals surface area contributed by atoms with Gasteiger partial charge in [-0.1, -0.05) is 0 Å². The van der Waals surface area contributed by atoms with Crippen LogP contribution in [0.2, 0.25) is 0 Å². The summed E-state index contributed by atoms with van der Waals surface area (Å²) in [7, 11) is -7.48. The van der Waals surface area contributed by atoms with Gasteiger partial charge in [0, 0.05) is 31.9 Å². The van der Waals surface area contributed by atoms with E-state index in [0.29, 0.717) is 17.8 Å². The number of hydrogen-bond donors (Lipinski definition) is 2. The van der Waals surface area contributed by atoms with Gasteiger partial charge >= 0.3 is 12.3 Å². The first-order valence-electron chi connectivity index (χ1n) is 11.7. The highest BCUT2D eigenvalue weighted by molar-refractivity contribution is 7.91. The standard InChI is InChI=1S/C24H30F3N3O6S2/c1-23(2,3)36-22(31)30-13-11-17(12-14-30)29-38(34,35)21-15-19(9-10-20(21)24(25,26)27)37(32,33)18-7-5-16(28-4)6-8-18/h5-10,15,17,28-29H,11-14H2,1-4H3. The maximum absolute atomic E-state index is 13.8. The average molecular weight is 578 g/mol. The lowest BCUT2D eigenvalue weighted by Gasteiger charge is -2.33. The monoisotopic (exact) mass is 577 g/mol. The van der Waals surface area contributed by atoms with Crippen LogP contribution in [0.15, 0.2) is 57.2 Å². The Labute approximate surface area is 220 Å². The van der Waals surface area contributed by atoms with Crippen LogP contribution in [0, 0.1) is 0 Å². The minimum Gasteiger partial charge on any atom is -0.444 e. The number of rotatable bonds is 6. The van der Waals surface area contributed by atoms with E-state index in [9.17, 15) is 34.8 Å². The van der Waals surface area contributed by atoms with Gasteiger partial charge in [-0.15, -0.1) is 0 Å².